The van der Waals surface area contributed by atoms with Crippen LogP contribution in [0.25, 0.3) is 10.4 Å². The molecule has 0 bridgehead atoms. The maximum atomic E-state index is 12.7. The van der Waals surface area contributed by atoms with Crippen LogP contribution >= 0.6 is 18.5 Å². The second-order valence-electron chi connectivity index (χ2n) is 8.34. The summed E-state index contributed by atoms with van der Waals surface area (Å²) < 4.78 is 17.9. The molecule has 0 spiro atoms. The second-order valence-corrected chi connectivity index (χ2v) is 12.6. The van der Waals surface area contributed by atoms with Crippen LogP contribution in [0, 0.1) is 0 Å². The van der Waals surface area contributed by atoms with Gasteiger partial charge in [-0.2, -0.15) is 0 Å². The molecule has 0 saturated heterocycles. The van der Waals surface area contributed by atoms with E-state index in [4.69, 9.17) is 10.5 Å². The first-order chi connectivity index (χ1) is 13.6. The zero-order chi connectivity index (χ0) is 21.2. The monoisotopic (exact) mass is 435 g/mol. The van der Waals surface area contributed by atoms with E-state index in [0.717, 1.165) is 46.4 Å². The SMILES string of the molecule is CC(C)OC(=O)NC1CCC(c2ncc(-c3ccc(N)cc3P(C)(C)=O)s2)CC1. The lowest BCUT2D eigenvalue weighted by molar-refractivity contribution is 0.109. The van der Waals surface area contributed by atoms with Gasteiger partial charge in [0.05, 0.1) is 16.0 Å². The Kier molecular flexibility index (Phi) is 6.69. The molecule has 1 aromatic carbocycles. The van der Waals surface area contributed by atoms with Gasteiger partial charge in [0.2, 0.25) is 0 Å². The minimum Gasteiger partial charge on any atom is -0.447 e. The highest BCUT2D eigenvalue weighted by molar-refractivity contribution is 7.70. The number of hydrogen-bond acceptors (Lipinski definition) is 6. The molecule has 1 fully saturated rings. The standard InChI is InChI=1S/C21H30N3O3PS/c1-13(2)27-21(25)24-16-8-5-14(6-9-16)20-23-12-19(29-20)17-10-7-15(22)11-18(17)28(3,4)26/h7,10-14,16H,5-6,8-9,22H2,1-4H3,(H,24,25). The second kappa shape index (κ2) is 8.88. The highest BCUT2D eigenvalue weighted by atomic mass is 32.1. The Morgan fingerprint density at radius 2 is 1.97 bits per heavy atom. The Bertz CT molecular complexity index is 914. The Hall–Kier alpha value is -1.85. The number of anilines is 1. The first-order valence-corrected chi connectivity index (χ1v) is 13.4. The average Bonchev–Trinajstić information content (AvgIpc) is 3.10. The smallest absolute Gasteiger partial charge is 0.407 e. The van der Waals surface area contributed by atoms with E-state index in [1.807, 2.05) is 38.2 Å². The molecular weight excluding hydrogens is 405 g/mol. The quantitative estimate of drug-likeness (QED) is 0.520. The summed E-state index contributed by atoms with van der Waals surface area (Å²) >= 11 is 1.67. The fraction of sp³-hybridized carbons (Fsp3) is 0.524. The third-order valence-corrected chi connectivity index (χ3v) is 7.86. The Morgan fingerprint density at radius 3 is 2.59 bits per heavy atom. The van der Waals surface area contributed by atoms with Crippen molar-refractivity contribution in [2.24, 2.45) is 0 Å². The molecule has 0 radical (unpaired) electrons. The Balaban J connectivity index is 1.68. The molecule has 1 saturated carbocycles. The summed E-state index contributed by atoms with van der Waals surface area (Å²) in [5.74, 6) is 0.389. The molecule has 1 aromatic heterocycles. The zero-order valence-electron chi connectivity index (χ0n) is 17.5. The number of carbonyl (C=O) groups is 1. The molecule has 0 aliphatic heterocycles. The van der Waals surface area contributed by atoms with E-state index in [0.29, 0.717) is 11.6 Å². The maximum Gasteiger partial charge on any atom is 0.407 e. The van der Waals surface area contributed by atoms with Gasteiger partial charge >= 0.3 is 6.09 Å². The number of benzene rings is 1. The first kappa shape index (κ1) is 21.8. The number of rotatable bonds is 5. The summed E-state index contributed by atoms with van der Waals surface area (Å²) in [7, 11) is -2.46. The molecular formula is C21H30N3O3PS. The van der Waals surface area contributed by atoms with Gasteiger partial charge < -0.3 is 20.4 Å². The largest absolute Gasteiger partial charge is 0.447 e. The van der Waals surface area contributed by atoms with Gasteiger partial charge in [-0.05, 0) is 65.0 Å². The summed E-state index contributed by atoms with van der Waals surface area (Å²) in [6.45, 7) is 7.23. The van der Waals surface area contributed by atoms with Crippen LogP contribution in [0.2, 0.25) is 0 Å². The summed E-state index contributed by atoms with van der Waals surface area (Å²) in [6, 6.07) is 5.78. The van der Waals surface area contributed by atoms with Crippen molar-refractivity contribution < 1.29 is 14.1 Å². The lowest BCUT2D eigenvalue weighted by atomic mass is 9.86. The van der Waals surface area contributed by atoms with E-state index in [9.17, 15) is 9.36 Å². The molecule has 8 heteroatoms. The van der Waals surface area contributed by atoms with Crippen LogP contribution in [0.4, 0.5) is 10.5 Å². The highest BCUT2D eigenvalue weighted by Gasteiger charge is 2.27. The Labute approximate surface area is 176 Å². The number of nitrogen functional groups attached to an aromatic ring is 1. The summed E-state index contributed by atoms with van der Waals surface area (Å²) in [6.07, 6.45) is 5.23. The number of alkyl carbamates (subject to hydrolysis) is 1. The van der Waals surface area contributed by atoms with Crippen LogP contribution in [0.3, 0.4) is 0 Å². The van der Waals surface area contributed by atoms with Gasteiger partial charge in [0.25, 0.3) is 0 Å². The van der Waals surface area contributed by atoms with Crippen LogP contribution in [-0.4, -0.2) is 36.6 Å². The minimum absolute atomic E-state index is 0.111. The average molecular weight is 436 g/mol. The lowest BCUT2D eigenvalue weighted by Crippen LogP contribution is -2.38. The van der Waals surface area contributed by atoms with Crippen LogP contribution in [0.5, 0.6) is 0 Å². The lowest BCUT2D eigenvalue weighted by Gasteiger charge is -2.28. The van der Waals surface area contributed by atoms with Crippen molar-refractivity contribution >= 4 is 35.6 Å². The normalized spacial score (nSPS) is 19.9. The number of aromatic nitrogens is 1. The van der Waals surface area contributed by atoms with E-state index in [1.54, 1.807) is 24.7 Å². The van der Waals surface area contributed by atoms with Crippen LogP contribution in [0.1, 0.15) is 50.5 Å². The van der Waals surface area contributed by atoms with Crippen molar-refractivity contribution in [3.05, 3.63) is 29.4 Å². The molecule has 29 heavy (non-hydrogen) atoms. The van der Waals surface area contributed by atoms with Gasteiger partial charge in [0.15, 0.2) is 0 Å². The van der Waals surface area contributed by atoms with E-state index in [2.05, 4.69) is 10.3 Å². The van der Waals surface area contributed by atoms with Crippen LogP contribution < -0.4 is 16.4 Å². The zero-order valence-corrected chi connectivity index (χ0v) is 19.2. The minimum atomic E-state index is -2.46. The predicted octanol–water partition coefficient (Wildman–Crippen LogP) is 4.80. The molecule has 6 nitrogen and oxygen atoms in total. The van der Waals surface area contributed by atoms with Gasteiger partial charge in [-0.3, -0.25) is 0 Å². The van der Waals surface area contributed by atoms with E-state index < -0.39 is 7.14 Å². The molecule has 1 aliphatic rings. The fourth-order valence-electron chi connectivity index (χ4n) is 3.70. The van der Waals surface area contributed by atoms with E-state index in [1.165, 1.54) is 0 Å². The number of nitrogens with one attached hydrogen (secondary N) is 1. The Morgan fingerprint density at radius 1 is 1.28 bits per heavy atom. The molecule has 1 amide bonds. The predicted molar refractivity (Wildman–Crippen MR) is 121 cm³/mol. The third-order valence-electron chi connectivity index (χ3n) is 5.13. The van der Waals surface area contributed by atoms with Gasteiger partial charge in [-0.15, -0.1) is 11.3 Å². The summed E-state index contributed by atoms with van der Waals surface area (Å²) in [5, 5.41) is 4.88. The molecule has 0 atom stereocenters. The maximum absolute atomic E-state index is 12.7. The molecule has 0 unspecified atom stereocenters. The molecule has 158 valence electrons. The topological polar surface area (TPSA) is 94.3 Å². The van der Waals surface area contributed by atoms with Crippen LogP contribution in [0.15, 0.2) is 24.4 Å². The molecule has 2 aromatic rings. The first-order valence-electron chi connectivity index (χ1n) is 10.0. The van der Waals surface area contributed by atoms with Crippen molar-refractivity contribution in [1.29, 1.82) is 0 Å². The number of ether oxygens (including phenoxy) is 1. The molecule has 1 heterocycles. The number of thiazole rings is 1. The molecule has 1 aliphatic carbocycles. The van der Waals surface area contributed by atoms with Crippen LogP contribution in [-0.2, 0) is 9.30 Å². The van der Waals surface area contributed by atoms with Crippen molar-refractivity contribution in [2.75, 3.05) is 19.1 Å². The van der Waals surface area contributed by atoms with Crippen molar-refractivity contribution in [1.82, 2.24) is 10.3 Å². The van der Waals surface area contributed by atoms with Gasteiger partial charge in [-0.25, -0.2) is 9.78 Å². The highest BCUT2D eigenvalue weighted by Crippen LogP contribution is 2.42. The third kappa shape index (κ3) is 5.61. The van der Waals surface area contributed by atoms with E-state index in [-0.39, 0.29) is 18.2 Å². The van der Waals surface area contributed by atoms with Crippen molar-refractivity contribution in [2.45, 2.75) is 57.6 Å². The molecule has 3 rings (SSSR count). The number of nitrogens with zero attached hydrogens (tertiary/aromatic N) is 1. The number of amides is 1. The molecule has 3 N–H and O–H groups in total. The number of carbonyl (C=O) groups excluding carboxylic acids is 1. The van der Waals surface area contributed by atoms with E-state index >= 15 is 0 Å². The van der Waals surface area contributed by atoms with Gasteiger partial charge in [0.1, 0.15) is 7.14 Å². The van der Waals surface area contributed by atoms with Gasteiger partial charge in [0, 0.05) is 34.7 Å². The summed E-state index contributed by atoms with van der Waals surface area (Å²) in [5.41, 5.74) is 7.51. The van der Waals surface area contributed by atoms with Gasteiger partial charge in [-0.1, -0.05) is 6.07 Å². The summed E-state index contributed by atoms with van der Waals surface area (Å²) in [4.78, 5) is 17.5. The fourth-order valence-corrected chi connectivity index (χ4v) is 6.14. The van der Waals surface area contributed by atoms with Crippen molar-refractivity contribution in [3.8, 4) is 10.4 Å². The number of nitrogens with two attached hydrogens (primary N) is 1. The van der Waals surface area contributed by atoms with Crippen molar-refractivity contribution in [3.63, 3.8) is 0 Å². The number of hydrogen-bond donors (Lipinski definition) is 2.